The lowest BCUT2D eigenvalue weighted by molar-refractivity contribution is 0.0635. The first-order valence-electron chi connectivity index (χ1n) is 7.61. The molecule has 1 aromatic carbocycles. The Morgan fingerprint density at radius 1 is 1.33 bits per heavy atom. The number of amides is 1. The van der Waals surface area contributed by atoms with Gasteiger partial charge in [-0.05, 0) is 51.8 Å². The Labute approximate surface area is 145 Å². The largest absolute Gasteiger partial charge is 0.444 e. The number of H-pyrrole nitrogens is 1. The topological polar surface area (TPSA) is 76.1 Å². The van der Waals surface area contributed by atoms with E-state index in [1.54, 1.807) is 27.7 Å². The van der Waals surface area contributed by atoms with Crippen LogP contribution in [0.1, 0.15) is 37.5 Å². The van der Waals surface area contributed by atoms with E-state index >= 15 is 0 Å². The molecule has 2 rings (SSSR count). The second-order valence-corrected chi connectivity index (χ2v) is 7.12. The Morgan fingerprint density at radius 2 is 2.00 bits per heavy atom. The van der Waals surface area contributed by atoms with Crippen LogP contribution in [0.2, 0.25) is 5.02 Å². The second-order valence-electron chi connectivity index (χ2n) is 6.71. The summed E-state index contributed by atoms with van der Waals surface area (Å²) in [5.74, 6) is 0.326. The van der Waals surface area contributed by atoms with Crippen molar-refractivity contribution in [2.24, 2.45) is 0 Å². The fourth-order valence-corrected chi connectivity index (χ4v) is 2.34. The van der Waals surface area contributed by atoms with Crippen molar-refractivity contribution in [3.05, 3.63) is 50.3 Å². The van der Waals surface area contributed by atoms with Gasteiger partial charge in [0.05, 0.1) is 12.1 Å². The summed E-state index contributed by atoms with van der Waals surface area (Å²) in [6, 6.07) is 5.63. The fraction of sp³-hybridized carbons (Fsp3) is 0.412. The monoisotopic (exact) mass is 351 g/mol. The molecule has 0 aliphatic carbocycles. The van der Waals surface area contributed by atoms with Crippen molar-refractivity contribution in [1.82, 2.24) is 9.78 Å². The van der Waals surface area contributed by atoms with Gasteiger partial charge in [-0.15, -0.1) is 0 Å². The first-order chi connectivity index (χ1) is 11.1. The van der Waals surface area contributed by atoms with Crippen molar-refractivity contribution in [2.75, 3.05) is 5.32 Å². The molecule has 0 aliphatic rings. The Morgan fingerprint density at radius 3 is 2.58 bits per heavy atom. The molecular weight excluding hydrogens is 330 g/mol. The van der Waals surface area contributed by atoms with Crippen LogP contribution < -0.4 is 10.9 Å². The summed E-state index contributed by atoms with van der Waals surface area (Å²) in [7, 11) is 0. The van der Waals surface area contributed by atoms with Crippen molar-refractivity contribution in [3.63, 3.8) is 0 Å². The number of benzene rings is 1. The van der Waals surface area contributed by atoms with Gasteiger partial charge in [-0.1, -0.05) is 23.7 Å². The van der Waals surface area contributed by atoms with Crippen LogP contribution in [-0.4, -0.2) is 21.5 Å². The predicted molar refractivity (Wildman–Crippen MR) is 94.9 cm³/mol. The molecule has 0 spiro atoms. The zero-order valence-corrected chi connectivity index (χ0v) is 15.2. The highest BCUT2D eigenvalue weighted by molar-refractivity contribution is 6.31. The van der Waals surface area contributed by atoms with Gasteiger partial charge in [0.2, 0.25) is 0 Å². The summed E-state index contributed by atoms with van der Waals surface area (Å²) in [5, 5.41) is 6.12. The molecule has 0 aliphatic heterocycles. The molecule has 0 atom stereocenters. The number of nitrogens with zero attached hydrogens (tertiary/aromatic N) is 1. The van der Waals surface area contributed by atoms with Gasteiger partial charge in [-0.2, -0.15) is 0 Å². The lowest BCUT2D eigenvalue weighted by atomic mass is 10.1. The molecule has 0 unspecified atom stereocenters. The Bertz CT molecular complexity index is 815. The number of aromatic amines is 1. The van der Waals surface area contributed by atoms with E-state index in [4.69, 9.17) is 16.3 Å². The van der Waals surface area contributed by atoms with Crippen LogP contribution in [0.15, 0.2) is 23.0 Å². The molecule has 24 heavy (non-hydrogen) atoms. The Hall–Kier alpha value is -2.21. The third-order valence-electron chi connectivity index (χ3n) is 3.39. The highest BCUT2D eigenvalue weighted by atomic mass is 35.5. The van der Waals surface area contributed by atoms with E-state index < -0.39 is 11.7 Å². The van der Waals surface area contributed by atoms with Crippen LogP contribution in [-0.2, 0) is 11.3 Å². The van der Waals surface area contributed by atoms with Crippen LogP contribution in [0, 0.1) is 13.8 Å². The number of halogens is 1. The SMILES string of the molecule is Cc1ccc(Cn2[nH]c(NC(=O)OC(C)(C)C)c(C)c2=O)cc1Cl. The Kier molecular flexibility index (Phi) is 5.08. The zero-order valence-electron chi connectivity index (χ0n) is 14.5. The molecule has 2 N–H and O–H groups in total. The number of hydrogen-bond acceptors (Lipinski definition) is 3. The summed E-state index contributed by atoms with van der Waals surface area (Å²) in [6.45, 7) is 9.21. The maximum atomic E-state index is 12.3. The van der Waals surface area contributed by atoms with Gasteiger partial charge in [-0.3, -0.25) is 15.2 Å². The van der Waals surface area contributed by atoms with Crippen LogP contribution in [0.25, 0.3) is 0 Å². The van der Waals surface area contributed by atoms with Crippen LogP contribution >= 0.6 is 11.6 Å². The van der Waals surface area contributed by atoms with Crippen molar-refractivity contribution >= 4 is 23.5 Å². The van der Waals surface area contributed by atoms with E-state index in [9.17, 15) is 9.59 Å². The molecule has 130 valence electrons. The van der Waals surface area contributed by atoms with E-state index in [1.165, 1.54) is 4.68 Å². The average Bonchev–Trinajstić information content (AvgIpc) is 2.69. The lowest BCUT2D eigenvalue weighted by Crippen LogP contribution is -2.27. The molecule has 1 amide bonds. The first kappa shape index (κ1) is 18.1. The third-order valence-corrected chi connectivity index (χ3v) is 3.80. The maximum absolute atomic E-state index is 12.3. The lowest BCUT2D eigenvalue weighted by Gasteiger charge is -2.19. The number of hydrogen-bond donors (Lipinski definition) is 2. The summed E-state index contributed by atoms with van der Waals surface area (Å²) < 4.78 is 6.61. The minimum Gasteiger partial charge on any atom is -0.444 e. The predicted octanol–water partition coefficient (Wildman–Crippen LogP) is 3.84. The number of carbonyl (C=O) groups excluding carboxylic acids is 1. The quantitative estimate of drug-likeness (QED) is 0.882. The van der Waals surface area contributed by atoms with Crippen LogP contribution in [0.4, 0.5) is 10.6 Å². The maximum Gasteiger partial charge on any atom is 0.413 e. The van der Waals surface area contributed by atoms with Crippen LogP contribution in [0.5, 0.6) is 0 Å². The van der Waals surface area contributed by atoms with Gasteiger partial charge in [0.1, 0.15) is 11.4 Å². The van der Waals surface area contributed by atoms with Crippen molar-refractivity contribution in [3.8, 4) is 0 Å². The number of aromatic nitrogens is 2. The zero-order chi connectivity index (χ0) is 18.1. The molecule has 1 heterocycles. The summed E-state index contributed by atoms with van der Waals surface area (Å²) in [4.78, 5) is 24.2. The molecule has 0 saturated carbocycles. The van der Waals surface area contributed by atoms with E-state index in [0.29, 0.717) is 22.9 Å². The Balaban J connectivity index is 2.20. The molecule has 0 fully saturated rings. The normalized spacial score (nSPS) is 11.4. The molecule has 7 heteroatoms. The number of aryl methyl sites for hydroxylation is 1. The molecule has 2 aromatic rings. The van der Waals surface area contributed by atoms with Gasteiger partial charge in [-0.25, -0.2) is 9.48 Å². The summed E-state index contributed by atoms with van der Waals surface area (Å²) in [6.07, 6.45) is -0.614. The number of ether oxygens (including phenoxy) is 1. The van der Waals surface area contributed by atoms with Gasteiger partial charge in [0.25, 0.3) is 5.56 Å². The molecule has 0 radical (unpaired) electrons. The van der Waals surface area contributed by atoms with Gasteiger partial charge in [0.15, 0.2) is 0 Å². The highest BCUT2D eigenvalue weighted by Gasteiger charge is 2.19. The van der Waals surface area contributed by atoms with E-state index in [-0.39, 0.29) is 5.56 Å². The van der Waals surface area contributed by atoms with Gasteiger partial charge >= 0.3 is 6.09 Å². The van der Waals surface area contributed by atoms with E-state index in [2.05, 4.69) is 10.4 Å². The number of nitrogens with one attached hydrogen (secondary N) is 2. The molecular formula is C17H22ClN3O3. The van der Waals surface area contributed by atoms with E-state index in [1.807, 2.05) is 25.1 Å². The second kappa shape index (κ2) is 6.73. The average molecular weight is 352 g/mol. The highest BCUT2D eigenvalue weighted by Crippen LogP contribution is 2.18. The number of rotatable bonds is 3. The summed E-state index contributed by atoms with van der Waals surface area (Å²) in [5.41, 5.74) is 1.46. The third kappa shape index (κ3) is 4.41. The van der Waals surface area contributed by atoms with Crippen LogP contribution in [0.3, 0.4) is 0 Å². The van der Waals surface area contributed by atoms with E-state index in [0.717, 1.165) is 11.1 Å². The molecule has 1 aromatic heterocycles. The summed E-state index contributed by atoms with van der Waals surface area (Å²) >= 11 is 6.12. The molecule has 6 nitrogen and oxygen atoms in total. The number of carbonyl (C=O) groups is 1. The minimum atomic E-state index is -0.614. The number of anilines is 1. The van der Waals surface area contributed by atoms with Gasteiger partial charge < -0.3 is 4.74 Å². The smallest absolute Gasteiger partial charge is 0.413 e. The van der Waals surface area contributed by atoms with Crippen molar-refractivity contribution in [1.29, 1.82) is 0 Å². The fourth-order valence-electron chi connectivity index (χ4n) is 2.13. The van der Waals surface area contributed by atoms with Crippen molar-refractivity contribution in [2.45, 2.75) is 46.8 Å². The minimum absolute atomic E-state index is 0.210. The molecule has 0 saturated heterocycles. The standard InChI is InChI=1S/C17H22ClN3O3/c1-10-6-7-12(8-13(10)18)9-21-15(22)11(2)14(20-21)19-16(23)24-17(3,4)5/h6-8,20H,9H2,1-5H3,(H,19,23). The first-order valence-corrected chi connectivity index (χ1v) is 7.99. The van der Waals surface area contributed by atoms with Crippen molar-refractivity contribution < 1.29 is 9.53 Å². The van der Waals surface area contributed by atoms with Gasteiger partial charge in [0, 0.05) is 5.02 Å². The molecule has 0 bridgehead atoms.